The third-order valence-electron chi connectivity index (χ3n) is 3.43. The monoisotopic (exact) mass is 405 g/mol. The van der Waals surface area contributed by atoms with Gasteiger partial charge in [0.2, 0.25) is 11.8 Å². The van der Waals surface area contributed by atoms with Crippen LogP contribution < -0.4 is 15.4 Å². The number of carbonyl (C=O) groups is 3. The molecule has 3 N–H and O–H groups in total. The topological polar surface area (TPSA) is 118 Å². The number of thiazole rings is 1. The van der Waals surface area contributed by atoms with Gasteiger partial charge in [-0.25, -0.2) is 4.98 Å². The fourth-order valence-electron chi connectivity index (χ4n) is 2.21. The zero-order valence-corrected chi connectivity index (χ0v) is 16.8. The molecule has 0 aliphatic heterocycles. The lowest BCUT2D eigenvalue weighted by atomic mass is 10.2. The fraction of sp³-hybridized carbons (Fsp3) is 0.368. The minimum absolute atomic E-state index is 0.223. The Morgan fingerprint density at radius 1 is 1.21 bits per heavy atom. The van der Waals surface area contributed by atoms with Crippen LogP contribution in [0.1, 0.15) is 31.5 Å². The molecule has 0 saturated heterocycles. The van der Waals surface area contributed by atoms with Gasteiger partial charge in [0.25, 0.3) is 0 Å². The van der Waals surface area contributed by atoms with Crippen molar-refractivity contribution in [3.63, 3.8) is 0 Å². The highest BCUT2D eigenvalue weighted by atomic mass is 32.1. The van der Waals surface area contributed by atoms with Crippen LogP contribution in [0.25, 0.3) is 0 Å². The molecule has 150 valence electrons. The molecule has 0 bridgehead atoms. The van der Waals surface area contributed by atoms with Crippen LogP contribution in [0.15, 0.2) is 23.6 Å². The first-order valence-electron chi connectivity index (χ1n) is 8.72. The summed E-state index contributed by atoms with van der Waals surface area (Å²) >= 11 is 1.11. The van der Waals surface area contributed by atoms with E-state index in [2.05, 4.69) is 15.6 Å². The van der Waals surface area contributed by atoms with Crippen LogP contribution >= 0.6 is 11.3 Å². The van der Waals surface area contributed by atoms with E-state index in [9.17, 15) is 14.4 Å². The number of hydrogen-bond donors (Lipinski definition) is 3. The van der Waals surface area contributed by atoms with Gasteiger partial charge in [0.05, 0.1) is 24.4 Å². The highest BCUT2D eigenvalue weighted by Gasteiger charge is 2.15. The second-order valence-electron chi connectivity index (χ2n) is 6.69. The smallest absolute Gasteiger partial charge is 0.309 e. The number of aryl methyl sites for hydroxylation is 1. The number of nitrogens with zero attached hydrogens (tertiary/aromatic N) is 1. The molecule has 9 heteroatoms. The largest absolute Gasteiger partial charge is 0.491 e. The van der Waals surface area contributed by atoms with Crippen LogP contribution in [0, 0.1) is 12.8 Å². The third-order valence-corrected chi connectivity index (χ3v) is 4.24. The van der Waals surface area contributed by atoms with Crippen molar-refractivity contribution in [3.8, 4) is 5.75 Å². The lowest BCUT2D eigenvalue weighted by Gasteiger charge is -2.14. The van der Waals surface area contributed by atoms with Crippen molar-refractivity contribution >= 4 is 39.9 Å². The van der Waals surface area contributed by atoms with Gasteiger partial charge in [-0.15, -0.1) is 11.3 Å². The van der Waals surface area contributed by atoms with E-state index in [1.54, 1.807) is 11.4 Å². The Labute approximate surface area is 166 Å². The van der Waals surface area contributed by atoms with E-state index in [-0.39, 0.29) is 11.6 Å². The number of aliphatic carboxylic acids is 1. The predicted molar refractivity (Wildman–Crippen MR) is 107 cm³/mol. The first-order valence-corrected chi connectivity index (χ1v) is 9.60. The number of rotatable bonds is 9. The van der Waals surface area contributed by atoms with Crippen LogP contribution in [0.3, 0.4) is 0 Å². The van der Waals surface area contributed by atoms with Crippen molar-refractivity contribution in [1.82, 2.24) is 4.98 Å². The molecule has 0 spiro atoms. The highest BCUT2D eigenvalue weighted by Crippen LogP contribution is 2.26. The van der Waals surface area contributed by atoms with E-state index >= 15 is 0 Å². The number of amides is 2. The van der Waals surface area contributed by atoms with Crippen LogP contribution in [0.5, 0.6) is 5.75 Å². The zero-order valence-electron chi connectivity index (χ0n) is 15.9. The normalized spacial score (nSPS) is 10.6. The number of ether oxygens (including phenoxy) is 1. The molecule has 1 aromatic heterocycles. The molecule has 28 heavy (non-hydrogen) atoms. The molecular formula is C19H23N3O5S. The zero-order chi connectivity index (χ0) is 20.7. The number of anilines is 2. The van der Waals surface area contributed by atoms with Crippen molar-refractivity contribution in [1.29, 1.82) is 0 Å². The molecule has 2 rings (SSSR count). The molecule has 1 heterocycles. The van der Waals surface area contributed by atoms with Crippen molar-refractivity contribution < 1.29 is 24.2 Å². The molecule has 0 aliphatic carbocycles. The maximum absolute atomic E-state index is 12.2. The van der Waals surface area contributed by atoms with Gasteiger partial charge in [-0.1, -0.05) is 19.9 Å². The van der Waals surface area contributed by atoms with Gasteiger partial charge < -0.3 is 20.5 Å². The van der Waals surface area contributed by atoms with Crippen molar-refractivity contribution in [2.24, 2.45) is 5.92 Å². The average molecular weight is 405 g/mol. The van der Waals surface area contributed by atoms with Gasteiger partial charge in [-0.2, -0.15) is 0 Å². The number of benzene rings is 1. The van der Waals surface area contributed by atoms with Gasteiger partial charge in [-0.05, 0) is 30.5 Å². The summed E-state index contributed by atoms with van der Waals surface area (Å²) in [6.45, 7) is 6.49. The predicted octanol–water partition coefficient (Wildman–Crippen LogP) is 3.08. The second-order valence-corrected chi connectivity index (χ2v) is 7.55. The van der Waals surface area contributed by atoms with E-state index in [0.29, 0.717) is 29.7 Å². The van der Waals surface area contributed by atoms with Crippen molar-refractivity contribution in [2.75, 3.05) is 17.2 Å². The summed E-state index contributed by atoms with van der Waals surface area (Å²) in [4.78, 5) is 38.9. The first-order chi connectivity index (χ1) is 13.2. The molecule has 2 amide bonds. The summed E-state index contributed by atoms with van der Waals surface area (Å²) < 4.78 is 5.74. The van der Waals surface area contributed by atoms with E-state index in [4.69, 9.17) is 9.84 Å². The maximum atomic E-state index is 12.2. The molecule has 0 fully saturated rings. The van der Waals surface area contributed by atoms with E-state index in [1.807, 2.05) is 32.9 Å². The molecule has 0 atom stereocenters. The summed E-state index contributed by atoms with van der Waals surface area (Å²) in [7, 11) is 0. The number of nitrogens with one attached hydrogen (secondary N) is 2. The minimum Gasteiger partial charge on any atom is -0.491 e. The Bertz CT molecular complexity index is 863. The van der Waals surface area contributed by atoms with Gasteiger partial charge >= 0.3 is 5.97 Å². The molecular weight excluding hydrogens is 382 g/mol. The summed E-state index contributed by atoms with van der Waals surface area (Å²) in [5, 5.41) is 15.7. The quantitative estimate of drug-likeness (QED) is 0.552. The highest BCUT2D eigenvalue weighted by molar-refractivity contribution is 7.13. The lowest BCUT2D eigenvalue weighted by Crippen LogP contribution is -2.22. The van der Waals surface area contributed by atoms with Crippen LogP contribution in [0.2, 0.25) is 0 Å². The van der Waals surface area contributed by atoms with E-state index in [1.165, 1.54) is 0 Å². The number of carbonyl (C=O) groups excluding carboxylic acids is 2. The van der Waals surface area contributed by atoms with Crippen LogP contribution in [0.4, 0.5) is 10.8 Å². The Hall–Kier alpha value is -2.94. The van der Waals surface area contributed by atoms with Crippen molar-refractivity contribution in [3.05, 3.63) is 34.8 Å². The molecule has 0 saturated carbocycles. The molecule has 0 unspecified atom stereocenters. The SMILES string of the molecule is Cc1ccc(NC(=O)CC(=O)Nc2nc(CC(=O)O)cs2)c(OCC(C)C)c1. The summed E-state index contributed by atoms with van der Waals surface area (Å²) in [5.74, 6) is -1.14. The third kappa shape index (κ3) is 6.99. The molecule has 1 aromatic carbocycles. The Morgan fingerprint density at radius 3 is 2.61 bits per heavy atom. The van der Waals surface area contributed by atoms with Gasteiger partial charge in [0.15, 0.2) is 5.13 Å². The maximum Gasteiger partial charge on any atom is 0.309 e. The number of carboxylic acid groups (broad SMARTS) is 1. The average Bonchev–Trinajstić information content (AvgIpc) is 3.00. The number of aromatic nitrogens is 1. The second kappa shape index (κ2) is 9.84. The molecule has 0 aliphatic rings. The fourth-order valence-corrected chi connectivity index (χ4v) is 2.94. The van der Waals surface area contributed by atoms with E-state index < -0.39 is 24.2 Å². The molecule has 8 nitrogen and oxygen atoms in total. The Morgan fingerprint density at radius 2 is 1.93 bits per heavy atom. The standard InChI is InChI=1S/C19H23N3O5S/c1-11(2)9-27-15-6-12(3)4-5-14(15)21-16(23)8-17(24)22-19-20-13(10-28-19)7-18(25)26/h4-6,10-11H,7-9H2,1-3H3,(H,21,23)(H,25,26)(H,20,22,24). The Balaban J connectivity index is 1.93. The first kappa shape index (κ1) is 21.4. The summed E-state index contributed by atoms with van der Waals surface area (Å²) in [5.41, 5.74) is 1.85. The van der Waals surface area contributed by atoms with E-state index in [0.717, 1.165) is 16.9 Å². The van der Waals surface area contributed by atoms with Gasteiger partial charge in [-0.3, -0.25) is 14.4 Å². The number of hydrogen-bond acceptors (Lipinski definition) is 6. The Kier molecular flexibility index (Phi) is 7.51. The lowest BCUT2D eigenvalue weighted by molar-refractivity contribution is -0.136. The number of carboxylic acids is 1. The van der Waals surface area contributed by atoms with Crippen molar-refractivity contribution in [2.45, 2.75) is 33.6 Å². The van der Waals surface area contributed by atoms with Gasteiger partial charge in [0.1, 0.15) is 12.2 Å². The van der Waals surface area contributed by atoms with Crippen LogP contribution in [-0.2, 0) is 20.8 Å². The van der Waals surface area contributed by atoms with Gasteiger partial charge in [0, 0.05) is 5.38 Å². The minimum atomic E-state index is -1.00. The molecule has 0 radical (unpaired) electrons. The summed E-state index contributed by atoms with van der Waals surface area (Å²) in [6.07, 6.45) is -0.620. The summed E-state index contributed by atoms with van der Waals surface area (Å²) in [6, 6.07) is 5.41. The van der Waals surface area contributed by atoms with Crippen LogP contribution in [-0.4, -0.2) is 34.5 Å². The molecule has 2 aromatic rings.